The molecule has 0 aromatic carbocycles. The Kier molecular flexibility index (Phi) is 63.0. The molecule has 0 saturated heterocycles. The summed E-state index contributed by atoms with van der Waals surface area (Å²) in [6.45, 7) is 50.6. The van der Waals surface area contributed by atoms with Crippen molar-refractivity contribution in [2.45, 2.75) is 270 Å². The van der Waals surface area contributed by atoms with Crippen molar-refractivity contribution in [3.05, 3.63) is 47.2 Å². The second kappa shape index (κ2) is 60.5. The fraction of sp³-hybridized carbons (Fsp3) is 0.815. The lowest BCUT2D eigenvalue weighted by atomic mass is 10.1. The van der Waals surface area contributed by atoms with Gasteiger partial charge in [0.15, 0.2) is 6.29 Å². The zero-order valence-corrected chi connectivity index (χ0v) is 64.0. The molecule has 0 aliphatic carbocycles. The van der Waals surface area contributed by atoms with Crippen LogP contribution in [0.5, 0.6) is 0 Å². The summed E-state index contributed by atoms with van der Waals surface area (Å²) in [5, 5.41) is 10.4. The molecule has 0 amide bonds. The Morgan fingerprint density at radius 1 is 0.398 bits per heavy atom. The number of carbonyl (C=O) groups is 4. The van der Waals surface area contributed by atoms with E-state index in [1.165, 1.54) is 0 Å². The van der Waals surface area contributed by atoms with E-state index in [-0.39, 0.29) is 30.1 Å². The van der Waals surface area contributed by atoms with Crippen LogP contribution in [0.25, 0.3) is 0 Å². The van der Waals surface area contributed by atoms with Gasteiger partial charge in [0.2, 0.25) is 0 Å². The van der Waals surface area contributed by atoms with E-state index in [1.54, 1.807) is 20.8 Å². The Morgan fingerprint density at radius 3 is 0.841 bits per heavy atom. The van der Waals surface area contributed by atoms with E-state index in [0.717, 1.165) is 105 Å². The molecular weight excluding hydrogens is 1200 g/mol. The molecule has 0 aliphatic heterocycles. The molecule has 0 rings (SSSR count). The molecule has 0 aromatic rings. The number of hydrogen-bond acceptors (Lipinski definition) is 18. The lowest BCUT2D eigenvalue weighted by Gasteiger charge is -2.30. The lowest BCUT2D eigenvalue weighted by molar-refractivity contribution is -0.181. The number of ether oxygens (including phenoxy) is 5. The van der Waals surface area contributed by atoms with Crippen LogP contribution in [-0.4, -0.2) is 163 Å². The van der Waals surface area contributed by atoms with Crippen LogP contribution in [0.15, 0.2) is 47.2 Å². The number of allylic oxidation sites excluding steroid dienone is 1. The lowest BCUT2D eigenvalue weighted by Crippen LogP contribution is -2.47. The number of unbranched alkanes of at least 4 members (excludes halogenated alkanes) is 6. The van der Waals surface area contributed by atoms with Crippen molar-refractivity contribution in [1.29, 1.82) is 0 Å². The Hall–Kier alpha value is -2.73. The summed E-state index contributed by atoms with van der Waals surface area (Å²) in [6.07, 6.45) is 16.1. The SMILES string of the molecule is C=C(C)C(=O)OCCC[Si](OCC)(OCC)OCC.C=C(C)C(=O)OCCC[Si](OCCCC)(OCCCC)OCCCC.C=C(C)C(=O)OCCC[Si](OCCCC)(OCCCC)OCCCC.CCCC([SiH3])=C(CC(OC(C)C)OC(C)C)C(=O)O. The first kappa shape index (κ1) is 91.7. The van der Waals surface area contributed by atoms with Crippen LogP contribution in [0, 0.1) is 0 Å². The molecule has 0 bridgehead atoms. The molecule has 88 heavy (non-hydrogen) atoms. The molecule has 0 fully saturated rings. The number of esters is 3. The third-order valence-corrected chi connectivity index (χ3v) is 22.3. The monoisotopic (exact) mass is 1330 g/mol. The minimum absolute atomic E-state index is 0.0162. The Morgan fingerprint density at radius 2 is 0.648 bits per heavy atom. The van der Waals surface area contributed by atoms with Crippen molar-refractivity contribution in [2.75, 3.05) is 79.3 Å². The zero-order chi connectivity index (χ0) is 67.7. The van der Waals surface area contributed by atoms with Gasteiger partial charge in [-0.15, -0.1) is 0 Å². The quantitative estimate of drug-likeness (QED) is 0.0149. The van der Waals surface area contributed by atoms with E-state index in [0.29, 0.717) is 145 Å². The van der Waals surface area contributed by atoms with Crippen molar-refractivity contribution in [3.8, 4) is 0 Å². The molecule has 0 radical (unpaired) electrons. The second-order valence-corrected chi connectivity index (χ2v) is 31.3. The van der Waals surface area contributed by atoms with Gasteiger partial charge in [0, 0.05) is 117 Å². The van der Waals surface area contributed by atoms with E-state index in [2.05, 4.69) is 68.2 Å². The number of rotatable bonds is 54. The minimum Gasteiger partial charge on any atom is -0.478 e. The van der Waals surface area contributed by atoms with Crippen molar-refractivity contribution in [3.63, 3.8) is 0 Å². The van der Waals surface area contributed by atoms with E-state index in [4.69, 9.17) is 63.5 Å². The summed E-state index contributed by atoms with van der Waals surface area (Å²) >= 11 is 0. The maximum absolute atomic E-state index is 11.5. The molecule has 23 heteroatoms. The smallest absolute Gasteiger partial charge is 0.478 e. The predicted octanol–water partition coefficient (Wildman–Crippen LogP) is 14.4. The summed E-state index contributed by atoms with van der Waals surface area (Å²) < 4.78 is 80.8. The minimum atomic E-state index is -2.72. The third kappa shape index (κ3) is 51.8. The van der Waals surface area contributed by atoms with Crippen molar-refractivity contribution in [2.24, 2.45) is 0 Å². The number of hydrogen-bond donors (Lipinski definition) is 1. The molecule has 0 atom stereocenters. The Labute approximate surface area is 542 Å². The molecular formula is C65H130O19Si4. The molecule has 19 nitrogen and oxygen atoms in total. The van der Waals surface area contributed by atoms with Gasteiger partial charge in [0.25, 0.3) is 0 Å². The summed E-state index contributed by atoms with van der Waals surface area (Å²) in [6, 6.07) is 1.99. The average molecular weight is 1330 g/mol. The number of carboxylic acid groups (broad SMARTS) is 1. The van der Waals surface area contributed by atoms with Crippen LogP contribution >= 0.6 is 0 Å². The van der Waals surface area contributed by atoms with Gasteiger partial charge in [-0.1, -0.05) is 118 Å². The van der Waals surface area contributed by atoms with Gasteiger partial charge in [-0.3, -0.25) is 0 Å². The summed E-state index contributed by atoms with van der Waals surface area (Å²) in [4.78, 5) is 45.6. The van der Waals surface area contributed by atoms with Gasteiger partial charge >= 0.3 is 50.3 Å². The van der Waals surface area contributed by atoms with Gasteiger partial charge in [-0.2, -0.15) is 0 Å². The summed E-state index contributed by atoms with van der Waals surface area (Å²) in [7, 11) is -7.28. The highest BCUT2D eigenvalue weighted by Crippen LogP contribution is 2.24. The second-order valence-electron chi connectivity index (χ2n) is 21.9. The van der Waals surface area contributed by atoms with E-state index in [9.17, 15) is 24.3 Å². The maximum Gasteiger partial charge on any atom is 0.501 e. The first-order chi connectivity index (χ1) is 41.8. The molecule has 0 heterocycles. The Bertz CT molecular complexity index is 1670. The highest BCUT2D eigenvalue weighted by molar-refractivity contribution is 6.61. The van der Waals surface area contributed by atoms with Crippen molar-refractivity contribution >= 4 is 60.5 Å². The topological polar surface area (TPSA) is 218 Å². The van der Waals surface area contributed by atoms with Crippen LogP contribution in [-0.2, 0) is 82.7 Å². The molecule has 520 valence electrons. The average Bonchev–Trinajstić information content (AvgIpc) is 3.66. The van der Waals surface area contributed by atoms with Crippen molar-refractivity contribution < 1.29 is 87.8 Å². The van der Waals surface area contributed by atoms with E-state index < -0.39 is 38.7 Å². The molecule has 0 unspecified atom stereocenters. The van der Waals surface area contributed by atoms with E-state index >= 15 is 0 Å². The molecule has 0 spiro atoms. The molecule has 0 aliphatic rings. The van der Waals surface area contributed by atoms with Gasteiger partial charge in [-0.05, 0) is 133 Å². The predicted molar refractivity (Wildman–Crippen MR) is 363 cm³/mol. The van der Waals surface area contributed by atoms with E-state index in [1.807, 2.05) is 48.5 Å². The number of carboxylic acids is 1. The summed E-state index contributed by atoms with van der Waals surface area (Å²) in [5.41, 5.74) is 1.71. The highest BCUT2D eigenvalue weighted by atomic mass is 28.4. The van der Waals surface area contributed by atoms with Crippen LogP contribution in [0.4, 0.5) is 0 Å². The van der Waals surface area contributed by atoms with Crippen LogP contribution in [0.3, 0.4) is 0 Å². The molecule has 0 aromatic heterocycles. The first-order valence-corrected chi connectivity index (χ1v) is 40.1. The summed E-state index contributed by atoms with van der Waals surface area (Å²) in [5.74, 6) is -1.91. The van der Waals surface area contributed by atoms with Gasteiger partial charge < -0.3 is 68.6 Å². The molecule has 1 N–H and O–H groups in total. The number of aliphatic carboxylic acids is 1. The zero-order valence-electron chi connectivity index (χ0n) is 59.0. The standard InChI is InChI=1S/2C19H38O5Si.C14H28O4Si.C13H26O5Si/c2*1-6-9-14-22-25(23-15-10-7-2,24-16-11-8-3)17-12-13-21-19(20)18(4)5;1-6-7-12(19)11(14(15)16)8-13(17-9(2)3)18-10(4)5;1-6-16-19(17-7-2,18-8-3)11-9-10-15-13(14)12(4)5/h2*4,6-17H2,1-3,5H3;9-10,13H,6-8H2,1-5,19H3,(H,15,16);4,6-11H2,1-3,5H3. The van der Waals surface area contributed by atoms with Crippen LogP contribution in [0.1, 0.15) is 233 Å². The van der Waals surface area contributed by atoms with Crippen LogP contribution < -0.4 is 0 Å². The number of carbonyl (C=O) groups excluding carboxylic acids is 3. The maximum atomic E-state index is 11.5. The van der Waals surface area contributed by atoms with Crippen LogP contribution in [0.2, 0.25) is 18.1 Å². The fourth-order valence-corrected chi connectivity index (χ4v) is 16.3. The van der Waals surface area contributed by atoms with Gasteiger partial charge in [0.05, 0.1) is 32.0 Å². The first-order valence-electron chi connectivity index (χ1n) is 33.3. The third-order valence-electron chi connectivity index (χ3n) is 12.3. The Balaban J connectivity index is -0.000000539. The van der Waals surface area contributed by atoms with Gasteiger partial charge in [-0.25, -0.2) is 19.2 Å². The molecule has 0 saturated carbocycles. The highest BCUT2D eigenvalue weighted by Gasteiger charge is 2.42. The normalized spacial score (nSPS) is 11.9. The fourth-order valence-electron chi connectivity index (χ4n) is 7.52. The van der Waals surface area contributed by atoms with Crippen molar-refractivity contribution in [1.82, 2.24) is 0 Å². The van der Waals surface area contributed by atoms with Gasteiger partial charge in [0.1, 0.15) is 0 Å². The largest absolute Gasteiger partial charge is 0.501 e.